The van der Waals surface area contributed by atoms with Crippen LogP contribution in [0.15, 0.2) is 83.8 Å². The third kappa shape index (κ3) is 7.59. The van der Waals surface area contributed by atoms with E-state index in [1.165, 1.54) is 23.5 Å². The Kier molecular flexibility index (Phi) is 10.4. The summed E-state index contributed by atoms with van der Waals surface area (Å²) < 4.78 is 29.1. The SMILES string of the molecule is Cc1ccccc1CN(C(=O)CN(c1ccc(C(C)C)cc1)S(=O)(=O)c1ccccc1)[C@H](C)C(=O)NC1CCCCC1. The summed E-state index contributed by atoms with van der Waals surface area (Å²) in [6.07, 6.45) is 5.18. The van der Waals surface area contributed by atoms with Crippen molar-refractivity contribution in [3.05, 3.63) is 95.6 Å². The van der Waals surface area contributed by atoms with Crippen molar-refractivity contribution in [1.82, 2.24) is 10.2 Å². The summed E-state index contributed by atoms with van der Waals surface area (Å²) >= 11 is 0. The smallest absolute Gasteiger partial charge is 0.264 e. The van der Waals surface area contributed by atoms with Gasteiger partial charge in [0.2, 0.25) is 11.8 Å². The van der Waals surface area contributed by atoms with Crippen molar-refractivity contribution >= 4 is 27.5 Å². The predicted molar refractivity (Wildman–Crippen MR) is 168 cm³/mol. The molecule has 224 valence electrons. The van der Waals surface area contributed by atoms with Crippen LogP contribution < -0.4 is 9.62 Å². The molecule has 1 saturated carbocycles. The fourth-order valence-electron chi connectivity index (χ4n) is 5.40. The standard InChI is InChI=1S/C34H43N3O4S/c1-25(2)28-19-21-31(22-20-28)37(42(40,41)32-17-9-6-10-18-32)24-33(38)36(23-29-14-12-11-13-26(29)3)27(4)34(39)35-30-15-7-5-8-16-30/h6,9-14,17-22,25,27,30H,5,7-8,15-16,23-24H2,1-4H3,(H,35,39)/t27-/m1/s1. The normalized spacial score (nSPS) is 14.8. The largest absolute Gasteiger partial charge is 0.352 e. The maximum atomic E-state index is 14.2. The maximum Gasteiger partial charge on any atom is 0.264 e. The van der Waals surface area contributed by atoms with Gasteiger partial charge in [-0.05, 0) is 73.6 Å². The number of nitrogens with zero attached hydrogens (tertiary/aromatic N) is 2. The molecule has 1 aliphatic carbocycles. The summed E-state index contributed by atoms with van der Waals surface area (Å²) in [5.41, 5.74) is 3.36. The zero-order chi connectivity index (χ0) is 30.3. The van der Waals surface area contributed by atoms with Crippen LogP contribution in [0.4, 0.5) is 5.69 Å². The summed E-state index contributed by atoms with van der Waals surface area (Å²) in [6.45, 7) is 7.58. The number of carbonyl (C=O) groups excluding carboxylic acids is 2. The predicted octanol–water partition coefficient (Wildman–Crippen LogP) is 6.18. The van der Waals surface area contributed by atoms with Crippen LogP contribution in [0.5, 0.6) is 0 Å². The van der Waals surface area contributed by atoms with Gasteiger partial charge in [0.1, 0.15) is 12.6 Å². The van der Waals surface area contributed by atoms with Gasteiger partial charge in [-0.2, -0.15) is 0 Å². The molecular weight excluding hydrogens is 546 g/mol. The van der Waals surface area contributed by atoms with E-state index in [1.807, 2.05) is 43.3 Å². The highest BCUT2D eigenvalue weighted by atomic mass is 32.2. The van der Waals surface area contributed by atoms with Gasteiger partial charge in [0.25, 0.3) is 10.0 Å². The highest BCUT2D eigenvalue weighted by molar-refractivity contribution is 7.92. The van der Waals surface area contributed by atoms with Crippen LogP contribution in [-0.2, 0) is 26.2 Å². The third-order valence-corrected chi connectivity index (χ3v) is 9.97. The van der Waals surface area contributed by atoms with Crippen molar-refractivity contribution in [2.24, 2.45) is 0 Å². The first-order chi connectivity index (χ1) is 20.1. The quantitative estimate of drug-likeness (QED) is 0.289. The molecule has 3 aromatic carbocycles. The average Bonchev–Trinajstić information content (AvgIpc) is 3.00. The Labute approximate surface area is 251 Å². The molecule has 0 radical (unpaired) electrons. The van der Waals surface area contributed by atoms with Crippen LogP contribution in [0, 0.1) is 6.92 Å². The molecule has 0 aromatic heterocycles. The van der Waals surface area contributed by atoms with Crippen molar-refractivity contribution in [2.75, 3.05) is 10.8 Å². The molecule has 4 rings (SSSR count). The van der Waals surface area contributed by atoms with Gasteiger partial charge < -0.3 is 10.2 Å². The molecule has 1 atom stereocenters. The number of benzene rings is 3. The summed E-state index contributed by atoms with van der Waals surface area (Å²) in [7, 11) is -4.08. The van der Waals surface area contributed by atoms with Crippen LogP contribution >= 0.6 is 0 Å². The van der Waals surface area contributed by atoms with Crippen molar-refractivity contribution < 1.29 is 18.0 Å². The van der Waals surface area contributed by atoms with E-state index in [9.17, 15) is 18.0 Å². The van der Waals surface area contributed by atoms with Crippen LogP contribution in [-0.4, -0.2) is 43.8 Å². The number of aryl methyl sites for hydroxylation is 1. The monoisotopic (exact) mass is 589 g/mol. The van der Waals surface area contributed by atoms with Crippen LogP contribution in [0.2, 0.25) is 0 Å². The topological polar surface area (TPSA) is 86.8 Å². The highest BCUT2D eigenvalue weighted by Crippen LogP contribution is 2.27. The Morgan fingerprint density at radius 1 is 0.857 bits per heavy atom. The third-order valence-electron chi connectivity index (χ3n) is 8.18. The van der Waals surface area contributed by atoms with E-state index in [4.69, 9.17) is 0 Å². The molecule has 1 fully saturated rings. The molecule has 0 unspecified atom stereocenters. The Morgan fingerprint density at radius 3 is 2.10 bits per heavy atom. The van der Waals surface area contributed by atoms with Crippen LogP contribution in [0.1, 0.15) is 75.5 Å². The molecule has 0 aliphatic heterocycles. The zero-order valence-corrected chi connectivity index (χ0v) is 25.9. The van der Waals surface area contributed by atoms with E-state index in [0.29, 0.717) is 5.69 Å². The van der Waals surface area contributed by atoms with Gasteiger partial charge >= 0.3 is 0 Å². The molecule has 2 amide bonds. The Balaban J connectivity index is 1.68. The van der Waals surface area contributed by atoms with E-state index < -0.39 is 28.5 Å². The summed E-state index contributed by atoms with van der Waals surface area (Å²) in [5.74, 6) is -0.396. The van der Waals surface area contributed by atoms with Crippen molar-refractivity contribution in [3.63, 3.8) is 0 Å². The van der Waals surface area contributed by atoms with Crippen molar-refractivity contribution in [3.8, 4) is 0 Å². The first-order valence-electron chi connectivity index (χ1n) is 14.9. The number of rotatable bonds is 11. The molecular formula is C34H43N3O4S. The minimum Gasteiger partial charge on any atom is -0.352 e. The second kappa shape index (κ2) is 14.0. The van der Waals surface area contributed by atoms with Crippen molar-refractivity contribution in [1.29, 1.82) is 0 Å². The van der Waals surface area contributed by atoms with E-state index in [-0.39, 0.29) is 29.3 Å². The van der Waals surface area contributed by atoms with Gasteiger partial charge in [-0.1, -0.05) is 87.7 Å². The number of nitrogens with one attached hydrogen (secondary N) is 1. The van der Waals surface area contributed by atoms with Gasteiger partial charge in [0.05, 0.1) is 10.6 Å². The molecule has 3 aromatic rings. The summed E-state index contributed by atoms with van der Waals surface area (Å²) in [5, 5.41) is 3.15. The molecule has 42 heavy (non-hydrogen) atoms. The van der Waals surface area contributed by atoms with E-state index >= 15 is 0 Å². The van der Waals surface area contributed by atoms with Crippen LogP contribution in [0.25, 0.3) is 0 Å². The second-order valence-corrected chi connectivity index (χ2v) is 13.4. The first-order valence-corrected chi connectivity index (χ1v) is 16.3. The maximum absolute atomic E-state index is 14.2. The number of hydrogen-bond acceptors (Lipinski definition) is 4. The van der Waals surface area contributed by atoms with Gasteiger partial charge in [0, 0.05) is 12.6 Å². The number of amides is 2. The molecule has 0 saturated heterocycles. The average molecular weight is 590 g/mol. The number of anilines is 1. The zero-order valence-electron chi connectivity index (χ0n) is 25.1. The minimum absolute atomic E-state index is 0.0959. The fourth-order valence-corrected chi connectivity index (χ4v) is 6.83. The van der Waals surface area contributed by atoms with Gasteiger partial charge in [-0.25, -0.2) is 8.42 Å². The minimum atomic E-state index is -4.08. The lowest BCUT2D eigenvalue weighted by Crippen LogP contribution is -2.53. The number of sulfonamides is 1. The lowest BCUT2D eigenvalue weighted by Gasteiger charge is -2.33. The van der Waals surface area contributed by atoms with Crippen LogP contribution in [0.3, 0.4) is 0 Å². The molecule has 8 heteroatoms. The molecule has 0 heterocycles. The van der Waals surface area contributed by atoms with Gasteiger partial charge in [0.15, 0.2) is 0 Å². The van der Waals surface area contributed by atoms with E-state index in [2.05, 4.69) is 19.2 Å². The Hall–Kier alpha value is -3.65. The Bertz CT molecular complexity index is 1450. The number of hydrogen-bond donors (Lipinski definition) is 1. The Morgan fingerprint density at radius 2 is 1.48 bits per heavy atom. The van der Waals surface area contributed by atoms with Gasteiger partial charge in [-0.15, -0.1) is 0 Å². The number of carbonyl (C=O) groups is 2. The molecule has 7 nitrogen and oxygen atoms in total. The van der Waals surface area contributed by atoms with E-state index in [1.54, 1.807) is 37.3 Å². The van der Waals surface area contributed by atoms with Gasteiger partial charge in [-0.3, -0.25) is 13.9 Å². The lowest BCUT2D eigenvalue weighted by molar-refractivity contribution is -0.139. The molecule has 1 N–H and O–H groups in total. The summed E-state index contributed by atoms with van der Waals surface area (Å²) in [4.78, 5) is 29.3. The molecule has 1 aliphatic rings. The van der Waals surface area contributed by atoms with Crippen molar-refractivity contribution in [2.45, 2.75) is 89.2 Å². The molecule has 0 bridgehead atoms. The second-order valence-electron chi connectivity index (χ2n) is 11.5. The van der Waals surface area contributed by atoms with E-state index in [0.717, 1.165) is 46.7 Å². The summed E-state index contributed by atoms with van der Waals surface area (Å²) in [6, 6.07) is 22.4. The molecule has 0 spiro atoms. The fraction of sp³-hybridized carbons (Fsp3) is 0.412. The lowest BCUT2D eigenvalue weighted by atomic mass is 9.95. The first kappa shape index (κ1) is 31.3. The highest BCUT2D eigenvalue weighted by Gasteiger charge is 2.33.